The van der Waals surface area contributed by atoms with Crippen LogP contribution in [0.2, 0.25) is 0 Å². The van der Waals surface area contributed by atoms with Crippen molar-refractivity contribution in [1.82, 2.24) is 9.55 Å². The highest BCUT2D eigenvalue weighted by Crippen LogP contribution is 2.24. The first-order valence-electron chi connectivity index (χ1n) is 5.61. The van der Waals surface area contributed by atoms with E-state index in [9.17, 15) is 4.79 Å². The van der Waals surface area contributed by atoms with Crippen LogP contribution in [0.25, 0.3) is 0 Å². The van der Waals surface area contributed by atoms with E-state index < -0.39 is 0 Å². The van der Waals surface area contributed by atoms with Crippen LogP contribution in [-0.2, 0) is 7.05 Å². The highest BCUT2D eigenvalue weighted by atomic mass is 16.1. The third kappa shape index (κ3) is 1.82. The van der Waals surface area contributed by atoms with Gasteiger partial charge in [-0.05, 0) is 25.8 Å². The van der Waals surface area contributed by atoms with Gasteiger partial charge in [0.05, 0.1) is 0 Å². The molecule has 2 unspecified atom stereocenters. The van der Waals surface area contributed by atoms with Crippen molar-refractivity contribution in [3.05, 3.63) is 22.7 Å². The van der Waals surface area contributed by atoms with Crippen molar-refractivity contribution in [3.8, 4) is 0 Å². The molecule has 0 saturated carbocycles. The Labute approximate surface area is 94.9 Å². The molecule has 2 rings (SSSR count). The molecule has 16 heavy (non-hydrogen) atoms. The monoisotopic (exact) mass is 222 g/mol. The lowest BCUT2D eigenvalue weighted by Crippen LogP contribution is -2.35. The molecule has 0 amide bonds. The summed E-state index contributed by atoms with van der Waals surface area (Å²) in [5.74, 6) is 1.02. The van der Waals surface area contributed by atoms with Gasteiger partial charge >= 0.3 is 0 Å². The summed E-state index contributed by atoms with van der Waals surface area (Å²) in [6.07, 6.45) is 4.38. The first-order valence-corrected chi connectivity index (χ1v) is 5.61. The van der Waals surface area contributed by atoms with E-state index in [0.717, 1.165) is 13.0 Å². The Morgan fingerprint density at radius 3 is 3.00 bits per heavy atom. The van der Waals surface area contributed by atoms with Crippen LogP contribution in [0.1, 0.15) is 13.3 Å². The molecule has 1 fully saturated rings. The van der Waals surface area contributed by atoms with Gasteiger partial charge in [-0.2, -0.15) is 0 Å². The quantitative estimate of drug-likeness (QED) is 0.762. The summed E-state index contributed by atoms with van der Waals surface area (Å²) in [5.41, 5.74) is 5.64. The fraction of sp³-hybridized carbons (Fsp3) is 0.636. The molecule has 1 aliphatic heterocycles. The molecule has 0 radical (unpaired) electrons. The van der Waals surface area contributed by atoms with E-state index in [2.05, 4.69) is 16.8 Å². The number of hydrogen-bond donors (Lipinski definition) is 1. The molecule has 5 heteroatoms. The van der Waals surface area contributed by atoms with Gasteiger partial charge in [-0.15, -0.1) is 0 Å². The highest BCUT2D eigenvalue weighted by Gasteiger charge is 2.30. The van der Waals surface area contributed by atoms with E-state index in [1.807, 2.05) is 0 Å². The Bertz CT molecular complexity index is 428. The number of nitrogens with two attached hydrogens (primary N) is 1. The summed E-state index contributed by atoms with van der Waals surface area (Å²) in [6.45, 7) is 3.63. The van der Waals surface area contributed by atoms with Gasteiger partial charge in [-0.25, -0.2) is 4.98 Å². The van der Waals surface area contributed by atoms with Crippen LogP contribution in [0.4, 0.5) is 5.82 Å². The van der Waals surface area contributed by atoms with Gasteiger partial charge in [0.15, 0.2) is 5.82 Å². The second-order valence-electron chi connectivity index (χ2n) is 4.51. The summed E-state index contributed by atoms with van der Waals surface area (Å²) in [5, 5.41) is 0. The molecule has 1 aliphatic rings. The van der Waals surface area contributed by atoms with Gasteiger partial charge in [-0.1, -0.05) is 0 Å². The smallest absolute Gasteiger partial charge is 0.293 e. The number of hydrogen-bond acceptors (Lipinski definition) is 4. The molecule has 0 aromatic carbocycles. The molecule has 2 atom stereocenters. The summed E-state index contributed by atoms with van der Waals surface area (Å²) in [7, 11) is 1.74. The van der Waals surface area contributed by atoms with Gasteiger partial charge in [0, 0.05) is 32.0 Å². The van der Waals surface area contributed by atoms with E-state index in [-0.39, 0.29) is 5.56 Å². The number of aryl methyl sites for hydroxylation is 1. The van der Waals surface area contributed by atoms with Crippen LogP contribution in [-0.4, -0.2) is 28.7 Å². The molecule has 1 aromatic heterocycles. The van der Waals surface area contributed by atoms with Gasteiger partial charge in [0.1, 0.15) is 0 Å². The minimum absolute atomic E-state index is 0.0352. The zero-order valence-electron chi connectivity index (χ0n) is 9.76. The number of nitrogens with zero attached hydrogens (tertiary/aromatic N) is 3. The normalized spacial score (nSPS) is 25.1. The third-order valence-electron chi connectivity index (χ3n) is 3.27. The molecule has 2 heterocycles. The SMILES string of the molecule is CC1CC(CN)CN1c1nccn(C)c1=O. The van der Waals surface area contributed by atoms with Gasteiger partial charge < -0.3 is 15.2 Å². The van der Waals surface area contributed by atoms with Crippen LogP contribution in [0.5, 0.6) is 0 Å². The van der Waals surface area contributed by atoms with Crippen molar-refractivity contribution in [2.75, 3.05) is 18.0 Å². The summed E-state index contributed by atoms with van der Waals surface area (Å²) >= 11 is 0. The first-order chi connectivity index (χ1) is 7.63. The van der Waals surface area contributed by atoms with Crippen molar-refractivity contribution in [1.29, 1.82) is 0 Å². The van der Waals surface area contributed by atoms with E-state index >= 15 is 0 Å². The lowest BCUT2D eigenvalue weighted by molar-refractivity contribution is 0.579. The maximum absolute atomic E-state index is 11.9. The number of aromatic nitrogens is 2. The van der Waals surface area contributed by atoms with Crippen molar-refractivity contribution < 1.29 is 0 Å². The largest absolute Gasteiger partial charge is 0.349 e. The molecule has 88 valence electrons. The second-order valence-corrected chi connectivity index (χ2v) is 4.51. The number of rotatable bonds is 2. The minimum Gasteiger partial charge on any atom is -0.349 e. The molecular formula is C11H18N4O. The lowest BCUT2D eigenvalue weighted by atomic mass is 10.1. The minimum atomic E-state index is -0.0352. The molecule has 5 nitrogen and oxygen atoms in total. The maximum Gasteiger partial charge on any atom is 0.293 e. The Balaban J connectivity index is 2.31. The van der Waals surface area contributed by atoms with Crippen molar-refractivity contribution in [2.45, 2.75) is 19.4 Å². The molecule has 1 saturated heterocycles. The predicted molar refractivity (Wildman–Crippen MR) is 63.4 cm³/mol. The standard InChI is InChI=1S/C11H18N4O/c1-8-5-9(6-12)7-15(8)10-11(16)14(2)4-3-13-10/h3-4,8-9H,5-7,12H2,1-2H3. The predicted octanol–water partition coefficient (Wildman–Crippen LogP) is -0.0462. The fourth-order valence-corrected chi connectivity index (χ4v) is 2.29. The Kier molecular flexibility index (Phi) is 2.96. The molecule has 0 bridgehead atoms. The molecule has 0 aliphatic carbocycles. The fourth-order valence-electron chi connectivity index (χ4n) is 2.29. The molecular weight excluding hydrogens is 204 g/mol. The van der Waals surface area contributed by atoms with E-state index in [1.54, 1.807) is 24.0 Å². The van der Waals surface area contributed by atoms with E-state index in [0.29, 0.717) is 24.3 Å². The van der Waals surface area contributed by atoms with Crippen molar-refractivity contribution >= 4 is 5.82 Å². The van der Waals surface area contributed by atoms with E-state index in [4.69, 9.17) is 5.73 Å². The highest BCUT2D eigenvalue weighted by molar-refractivity contribution is 5.38. The molecule has 1 aromatic rings. The van der Waals surface area contributed by atoms with Crippen molar-refractivity contribution in [3.63, 3.8) is 0 Å². The number of anilines is 1. The first kappa shape index (κ1) is 11.1. The molecule has 2 N–H and O–H groups in total. The maximum atomic E-state index is 11.9. The Morgan fingerprint density at radius 1 is 1.62 bits per heavy atom. The summed E-state index contributed by atoms with van der Waals surface area (Å²) in [4.78, 5) is 18.2. The molecule has 0 spiro atoms. The van der Waals surface area contributed by atoms with Crippen LogP contribution in [0.3, 0.4) is 0 Å². The van der Waals surface area contributed by atoms with Crippen molar-refractivity contribution in [2.24, 2.45) is 18.7 Å². The summed E-state index contributed by atoms with van der Waals surface area (Å²) < 4.78 is 1.56. The van der Waals surface area contributed by atoms with Crippen LogP contribution in [0.15, 0.2) is 17.2 Å². The average molecular weight is 222 g/mol. The lowest BCUT2D eigenvalue weighted by Gasteiger charge is -2.21. The van der Waals surface area contributed by atoms with Crippen LogP contribution < -0.4 is 16.2 Å². The van der Waals surface area contributed by atoms with E-state index in [1.165, 1.54) is 0 Å². The topological polar surface area (TPSA) is 64.2 Å². The summed E-state index contributed by atoms with van der Waals surface area (Å²) in [6, 6.07) is 0.344. The zero-order chi connectivity index (χ0) is 11.7. The van der Waals surface area contributed by atoms with Gasteiger partial charge in [0.25, 0.3) is 5.56 Å². The van der Waals surface area contributed by atoms with Gasteiger partial charge in [0.2, 0.25) is 0 Å². The Morgan fingerprint density at radius 2 is 2.38 bits per heavy atom. The average Bonchev–Trinajstić information content (AvgIpc) is 2.64. The van der Waals surface area contributed by atoms with Gasteiger partial charge in [-0.3, -0.25) is 4.79 Å². The second kappa shape index (κ2) is 4.25. The van der Waals surface area contributed by atoms with Crippen LogP contribution in [0, 0.1) is 5.92 Å². The zero-order valence-corrected chi connectivity index (χ0v) is 9.76. The van der Waals surface area contributed by atoms with Crippen LogP contribution >= 0.6 is 0 Å². The third-order valence-corrected chi connectivity index (χ3v) is 3.27. The Hall–Kier alpha value is -1.36.